The lowest BCUT2D eigenvalue weighted by Crippen LogP contribution is -2.00. The quantitative estimate of drug-likeness (QED) is 0.523. The molecule has 0 radical (unpaired) electrons. The Balaban J connectivity index is 1.61. The Kier molecular flexibility index (Phi) is 4.32. The highest BCUT2D eigenvalue weighted by Crippen LogP contribution is 2.28. The maximum absolute atomic E-state index is 5.35. The topological polar surface area (TPSA) is 36.3 Å². The van der Waals surface area contributed by atoms with Crippen LogP contribution in [-0.2, 0) is 6.54 Å². The molecule has 0 N–H and O–H groups in total. The third kappa shape index (κ3) is 3.26. The molecule has 4 aromatic rings. The molecular formula is C22H20N2O2. The summed E-state index contributed by atoms with van der Waals surface area (Å²) in [6.45, 7) is 0.728. The van der Waals surface area contributed by atoms with Crippen molar-refractivity contribution in [3.05, 3.63) is 78.5 Å². The van der Waals surface area contributed by atoms with Crippen molar-refractivity contribution in [2.24, 2.45) is 0 Å². The highest BCUT2D eigenvalue weighted by molar-refractivity contribution is 5.83. The van der Waals surface area contributed by atoms with Gasteiger partial charge in [0, 0.05) is 17.8 Å². The summed E-state index contributed by atoms with van der Waals surface area (Å²) in [5, 5.41) is 7.21. The first-order valence-electron chi connectivity index (χ1n) is 8.50. The zero-order valence-electron chi connectivity index (χ0n) is 14.8. The number of ether oxygens (including phenoxy) is 2. The maximum Gasteiger partial charge on any atom is 0.123 e. The molecule has 4 rings (SSSR count). The van der Waals surface area contributed by atoms with E-state index in [0.717, 1.165) is 29.3 Å². The molecule has 0 saturated carbocycles. The number of nitrogens with zero attached hydrogens (tertiary/aromatic N) is 2. The number of hydrogen-bond donors (Lipinski definition) is 0. The van der Waals surface area contributed by atoms with Gasteiger partial charge in [-0.3, -0.25) is 4.68 Å². The molecule has 0 unspecified atom stereocenters. The van der Waals surface area contributed by atoms with Crippen LogP contribution >= 0.6 is 0 Å². The van der Waals surface area contributed by atoms with Gasteiger partial charge in [0.05, 0.1) is 26.5 Å². The fourth-order valence-electron chi connectivity index (χ4n) is 3.08. The van der Waals surface area contributed by atoms with E-state index >= 15 is 0 Å². The molecule has 0 amide bonds. The zero-order valence-corrected chi connectivity index (χ0v) is 14.8. The summed E-state index contributed by atoms with van der Waals surface area (Å²) < 4.78 is 12.6. The standard InChI is InChI=1S/C22H20N2O2/c1-25-20-12-19(13-21(14-20)26-2)22-9-10-24(23-22)15-16-7-8-17-5-3-4-6-18(17)11-16/h3-14H,15H2,1-2H3. The molecule has 0 aliphatic carbocycles. The van der Waals surface area contributed by atoms with Crippen molar-refractivity contribution in [1.82, 2.24) is 9.78 Å². The summed E-state index contributed by atoms with van der Waals surface area (Å²) in [7, 11) is 3.30. The van der Waals surface area contributed by atoms with Crippen LogP contribution < -0.4 is 9.47 Å². The van der Waals surface area contributed by atoms with Crippen LogP contribution in [0.3, 0.4) is 0 Å². The van der Waals surface area contributed by atoms with Gasteiger partial charge in [-0.15, -0.1) is 0 Å². The number of aromatic nitrogens is 2. The van der Waals surface area contributed by atoms with Crippen molar-refractivity contribution < 1.29 is 9.47 Å². The highest BCUT2D eigenvalue weighted by atomic mass is 16.5. The van der Waals surface area contributed by atoms with Gasteiger partial charge in [0.15, 0.2) is 0 Å². The Morgan fingerprint density at radius 1 is 0.808 bits per heavy atom. The van der Waals surface area contributed by atoms with E-state index in [2.05, 4.69) is 42.5 Å². The molecule has 4 nitrogen and oxygen atoms in total. The lowest BCUT2D eigenvalue weighted by atomic mass is 10.1. The molecule has 0 bridgehead atoms. The lowest BCUT2D eigenvalue weighted by Gasteiger charge is -2.07. The summed E-state index contributed by atoms with van der Waals surface area (Å²) in [5.74, 6) is 1.51. The monoisotopic (exact) mass is 344 g/mol. The Labute approximate surface area is 152 Å². The number of rotatable bonds is 5. The molecule has 0 atom stereocenters. The summed E-state index contributed by atoms with van der Waals surface area (Å²) in [6, 6.07) is 22.7. The minimum atomic E-state index is 0.728. The first kappa shape index (κ1) is 16.2. The van der Waals surface area contributed by atoms with Gasteiger partial charge >= 0.3 is 0 Å². The first-order chi connectivity index (χ1) is 12.7. The third-order valence-electron chi connectivity index (χ3n) is 4.45. The maximum atomic E-state index is 5.35. The second-order valence-corrected chi connectivity index (χ2v) is 6.18. The Hall–Kier alpha value is -3.27. The molecule has 1 aromatic heterocycles. The summed E-state index contributed by atoms with van der Waals surface area (Å²) in [5.41, 5.74) is 3.09. The minimum Gasteiger partial charge on any atom is -0.497 e. The van der Waals surface area contributed by atoms with Crippen LogP contribution in [0.25, 0.3) is 22.0 Å². The molecule has 0 aliphatic heterocycles. The van der Waals surface area contributed by atoms with Crippen molar-refractivity contribution in [2.75, 3.05) is 14.2 Å². The fourth-order valence-corrected chi connectivity index (χ4v) is 3.08. The molecule has 3 aromatic carbocycles. The predicted molar refractivity (Wildman–Crippen MR) is 104 cm³/mol. The lowest BCUT2D eigenvalue weighted by molar-refractivity contribution is 0.394. The molecule has 0 saturated heterocycles. The van der Waals surface area contributed by atoms with Crippen molar-refractivity contribution in [3.63, 3.8) is 0 Å². The van der Waals surface area contributed by atoms with Crippen LogP contribution in [0.15, 0.2) is 72.9 Å². The van der Waals surface area contributed by atoms with Crippen LogP contribution in [-0.4, -0.2) is 24.0 Å². The van der Waals surface area contributed by atoms with E-state index in [1.54, 1.807) is 14.2 Å². The second-order valence-electron chi connectivity index (χ2n) is 6.18. The van der Waals surface area contributed by atoms with Gasteiger partial charge in [-0.2, -0.15) is 5.10 Å². The summed E-state index contributed by atoms with van der Waals surface area (Å²) in [4.78, 5) is 0. The van der Waals surface area contributed by atoms with Crippen LogP contribution in [0.1, 0.15) is 5.56 Å². The second kappa shape index (κ2) is 6.92. The van der Waals surface area contributed by atoms with Crippen molar-refractivity contribution in [1.29, 1.82) is 0 Å². The minimum absolute atomic E-state index is 0.728. The van der Waals surface area contributed by atoms with Gasteiger partial charge in [0.1, 0.15) is 11.5 Å². The van der Waals surface area contributed by atoms with Crippen molar-refractivity contribution in [2.45, 2.75) is 6.54 Å². The van der Waals surface area contributed by atoms with E-state index in [1.165, 1.54) is 16.3 Å². The number of fused-ring (bicyclic) bond motifs is 1. The average Bonchev–Trinajstić information content (AvgIpc) is 3.16. The summed E-state index contributed by atoms with van der Waals surface area (Å²) >= 11 is 0. The fraction of sp³-hybridized carbons (Fsp3) is 0.136. The first-order valence-corrected chi connectivity index (χ1v) is 8.50. The molecule has 130 valence electrons. The molecule has 0 spiro atoms. The van der Waals surface area contributed by atoms with Crippen molar-refractivity contribution >= 4 is 10.8 Å². The van der Waals surface area contributed by atoms with Crippen LogP contribution in [0.4, 0.5) is 0 Å². The van der Waals surface area contributed by atoms with Gasteiger partial charge in [-0.1, -0.05) is 36.4 Å². The zero-order chi connectivity index (χ0) is 17.9. The smallest absolute Gasteiger partial charge is 0.123 e. The van der Waals surface area contributed by atoms with Gasteiger partial charge in [0.25, 0.3) is 0 Å². The van der Waals surface area contributed by atoms with Gasteiger partial charge in [-0.05, 0) is 40.6 Å². The molecule has 1 heterocycles. The van der Waals surface area contributed by atoms with E-state index in [4.69, 9.17) is 14.6 Å². The van der Waals surface area contributed by atoms with Crippen LogP contribution in [0.2, 0.25) is 0 Å². The predicted octanol–water partition coefficient (Wildman–Crippen LogP) is 4.77. The van der Waals surface area contributed by atoms with Gasteiger partial charge in [-0.25, -0.2) is 0 Å². The SMILES string of the molecule is COc1cc(OC)cc(-c2ccn(Cc3ccc4ccccc4c3)n2)c1. The van der Waals surface area contributed by atoms with Crippen LogP contribution in [0.5, 0.6) is 11.5 Å². The van der Waals surface area contributed by atoms with Crippen molar-refractivity contribution in [3.8, 4) is 22.8 Å². The summed E-state index contributed by atoms with van der Waals surface area (Å²) in [6.07, 6.45) is 2.00. The van der Waals surface area contributed by atoms with Gasteiger partial charge in [0.2, 0.25) is 0 Å². The third-order valence-corrected chi connectivity index (χ3v) is 4.45. The average molecular weight is 344 g/mol. The molecule has 0 fully saturated rings. The van der Waals surface area contributed by atoms with Gasteiger partial charge < -0.3 is 9.47 Å². The molecule has 26 heavy (non-hydrogen) atoms. The Bertz CT molecular complexity index is 1030. The van der Waals surface area contributed by atoms with E-state index in [9.17, 15) is 0 Å². The number of benzene rings is 3. The number of hydrogen-bond acceptors (Lipinski definition) is 3. The Morgan fingerprint density at radius 2 is 1.54 bits per heavy atom. The van der Waals surface area contributed by atoms with E-state index in [-0.39, 0.29) is 0 Å². The number of methoxy groups -OCH3 is 2. The van der Waals surface area contributed by atoms with Crippen LogP contribution in [0, 0.1) is 0 Å². The molecule has 0 aliphatic rings. The molecular weight excluding hydrogens is 324 g/mol. The molecule has 4 heteroatoms. The van der Waals surface area contributed by atoms with E-state index in [1.807, 2.05) is 35.1 Å². The van der Waals surface area contributed by atoms with E-state index < -0.39 is 0 Å². The van der Waals surface area contributed by atoms with E-state index in [0.29, 0.717) is 0 Å². The normalized spacial score (nSPS) is 10.8. The Morgan fingerprint density at radius 3 is 2.27 bits per heavy atom. The highest BCUT2D eigenvalue weighted by Gasteiger charge is 2.08. The largest absolute Gasteiger partial charge is 0.497 e.